The second-order valence-electron chi connectivity index (χ2n) is 3.56. The zero-order chi connectivity index (χ0) is 12.5. The van der Waals surface area contributed by atoms with E-state index in [0.717, 1.165) is 0 Å². The molecule has 0 atom stereocenters. The number of hydrogen-bond donors (Lipinski definition) is 4. The molecule has 0 aliphatic rings. The molecule has 0 aromatic carbocycles. The maximum absolute atomic E-state index is 9.86. The summed E-state index contributed by atoms with van der Waals surface area (Å²) in [6, 6.07) is 0. The van der Waals surface area contributed by atoms with Crippen LogP contribution >= 0.6 is 0 Å². The van der Waals surface area contributed by atoms with Crippen molar-refractivity contribution in [3.63, 3.8) is 0 Å². The van der Waals surface area contributed by atoms with E-state index in [1.54, 1.807) is 26.8 Å². The minimum Gasteiger partial charge on any atom is -0.478 e. The molecule has 0 aromatic rings. The van der Waals surface area contributed by atoms with Gasteiger partial charge in [-0.3, -0.25) is 0 Å². The Kier molecular flexibility index (Phi) is 9.25. The lowest BCUT2D eigenvalue weighted by atomic mass is 9.95. The van der Waals surface area contributed by atoms with Gasteiger partial charge in [0, 0.05) is 11.0 Å². The van der Waals surface area contributed by atoms with Crippen LogP contribution in [-0.4, -0.2) is 46.2 Å². The van der Waals surface area contributed by atoms with E-state index in [1.165, 1.54) is 0 Å². The van der Waals surface area contributed by atoms with E-state index in [-0.39, 0.29) is 19.8 Å². The minimum absolute atomic E-state index is 0.181. The molecule has 0 rings (SSSR count). The normalized spacial score (nSPS) is 11.7. The summed E-state index contributed by atoms with van der Waals surface area (Å²) >= 11 is 0. The van der Waals surface area contributed by atoms with Crippen molar-refractivity contribution in [3.05, 3.63) is 11.6 Å². The van der Waals surface area contributed by atoms with Gasteiger partial charge < -0.3 is 20.4 Å². The third-order valence-corrected chi connectivity index (χ3v) is 1.92. The highest BCUT2D eigenvalue weighted by Gasteiger charge is 2.20. The number of carbonyl (C=O) groups is 1. The van der Waals surface area contributed by atoms with Crippen LogP contribution in [-0.2, 0) is 4.79 Å². The first-order valence-electron chi connectivity index (χ1n) is 4.55. The number of hydrogen-bond acceptors (Lipinski definition) is 4. The Labute approximate surface area is 89.7 Å². The Hall–Kier alpha value is -0.910. The lowest BCUT2D eigenvalue weighted by molar-refractivity contribution is -0.132. The van der Waals surface area contributed by atoms with Gasteiger partial charge in [-0.1, -0.05) is 13.0 Å². The van der Waals surface area contributed by atoms with Crippen LogP contribution in [0, 0.1) is 5.41 Å². The standard InChI is InChI=1S/C5H12O3.C5H8O2/c1-5(2-6,3-7)4-8;1-3-4(2)5(6)7/h6-8H,2-4H2,1H3;3H,1-2H3,(H,6,7). The summed E-state index contributed by atoms with van der Waals surface area (Å²) in [5.74, 6) is -0.845. The number of carboxylic acid groups (broad SMARTS) is 1. The molecular weight excluding hydrogens is 200 g/mol. The molecule has 0 aliphatic heterocycles. The molecule has 0 radical (unpaired) electrons. The van der Waals surface area contributed by atoms with Crippen LogP contribution in [0.3, 0.4) is 0 Å². The molecule has 15 heavy (non-hydrogen) atoms. The highest BCUT2D eigenvalue weighted by Crippen LogP contribution is 2.10. The Bertz CT molecular complexity index is 198. The van der Waals surface area contributed by atoms with Crippen molar-refractivity contribution >= 4 is 5.97 Å². The Morgan fingerprint density at radius 2 is 1.53 bits per heavy atom. The fourth-order valence-electron chi connectivity index (χ4n) is 0.273. The number of aliphatic hydroxyl groups excluding tert-OH is 3. The monoisotopic (exact) mass is 220 g/mol. The van der Waals surface area contributed by atoms with Gasteiger partial charge in [-0.2, -0.15) is 0 Å². The number of aliphatic carboxylic acids is 1. The van der Waals surface area contributed by atoms with Crippen molar-refractivity contribution in [2.24, 2.45) is 5.41 Å². The molecule has 0 unspecified atom stereocenters. The Morgan fingerprint density at radius 3 is 1.53 bits per heavy atom. The third-order valence-electron chi connectivity index (χ3n) is 1.92. The first-order chi connectivity index (χ1) is 6.86. The molecule has 0 aliphatic carbocycles. The average molecular weight is 220 g/mol. The predicted octanol–water partition coefficient (Wildman–Crippen LogP) is 0.00680. The van der Waals surface area contributed by atoms with Crippen LogP contribution in [0.4, 0.5) is 0 Å². The van der Waals surface area contributed by atoms with Crippen molar-refractivity contribution in [1.82, 2.24) is 0 Å². The van der Waals surface area contributed by atoms with E-state index in [1.807, 2.05) is 0 Å². The van der Waals surface area contributed by atoms with Gasteiger partial charge in [-0.05, 0) is 13.8 Å². The van der Waals surface area contributed by atoms with Gasteiger partial charge in [0.1, 0.15) is 0 Å². The predicted molar refractivity (Wildman–Crippen MR) is 56.4 cm³/mol. The lowest BCUT2D eigenvalue weighted by Gasteiger charge is -2.20. The van der Waals surface area contributed by atoms with Gasteiger partial charge in [0.25, 0.3) is 0 Å². The third kappa shape index (κ3) is 8.11. The van der Waals surface area contributed by atoms with E-state index in [4.69, 9.17) is 20.4 Å². The van der Waals surface area contributed by atoms with Crippen molar-refractivity contribution in [2.75, 3.05) is 19.8 Å². The number of rotatable bonds is 4. The Morgan fingerprint density at radius 1 is 1.20 bits per heavy atom. The molecule has 0 saturated carbocycles. The fraction of sp³-hybridized carbons (Fsp3) is 0.700. The van der Waals surface area contributed by atoms with Crippen LogP contribution in [0.5, 0.6) is 0 Å². The lowest BCUT2D eigenvalue weighted by Crippen LogP contribution is -2.29. The summed E-state index contributed by atoms with van der Waals surface area (Å²) in [4.78, 5) is 9.86. The van der Waals surface area contributed by atoms with Gasteiger partial charge in [0.15, 0.2) is 0 Å². The Balaban J connectivity index is 0. The summed E-state index contributed by atoms with van der Waals surface area (Å²) in [7, 11) is 0. The highest BCUT2D eigenvalue weighted by molar-refractivity contribution is 5.85. The molecule has 0 heterocycles. The molecule has 4 N–H and O–H groups in total. The number of carboxylic acids is 1. The molecule has 0 spiro atoms. The van der Waals surface area contributed by atoms with Crippen molar-refractivity contribution in [1.29, 1.82) is 0 Å². The van der Waals surface area contributed by atoms with Gasteiger partial charge >= 0.3 is 5.97 Å². The maximum Gasteiger partial charge on any atom is 0.330 e. The van der Waals surface area contributed by atoms with Gasteiger partial charge in [-0.15, -0.1) is 0 Å². The summed E-state index contributed by atoms with van der Waals surface area (Å²) in [6.07, 6.45) is 1.56. The largest absolute Gasteiger partial charge is 0.478 e. The van der Waals surface area contributed by atoms with Crippen molar-refractivity contribution < 1.29 is 25.2 Å². The first-order valence-corrected chi connectivity index (χ1v) is 4.55. The molecule has 0 aromatic heterocycles. The van der Waals surface area contributed by atoms with E-state index in [2.05, 4.69) is 0 Å². The van der Waals surface area contributed by atoms with Gasteiger partial charge in [0.05, 0.1) is 19.8 Å². The van der Waals surface area contributed by atoms with E-state index in [9.17, 15) is 4.79 Å². The average Bonchev–Trinajstić information content (AvgIpc) is 2.27. The molecule has 5 nitrogen and oxygen atoms in total. The molecule has 0 fully saturated rings. The first kappa shape index (κ1) is 16.5. The smallest absolute Gasteiger partial charge is 0.330 e. The van der Waals surface area contributed by atoms with Crippen LogP contribution in [0.25, 0.3) is 0 Å². The van der Waals surface area contributed by atoms with Gasteiger partial charge in [0.2, 0.25) is 0 Å². The summed E-state index contributed by atoms with van der Waals surface area (Å²) in [6.45, 7) is 4.32. The van der Waals surface area contributed by atoms with E-state index < -0.39 is 11.4 Å². The summed E-state index contributed by atoms with van der Waals surface area (Å²) < 4.78 is 0. The molecule has 0 bridgehead atoms. The SMILES string of the molecule is CC(CO)(CO)CO.CC=C(C)C(=O)O. The molecule has 0 saturated heterocycles. The topological polar surface area (TPSA) is 98.0 Å². The van der Waals surface area contributed by atoms with Crippen LogP contribution in [0.1, 0.15) is 20.8 Å². The maximum atomic E-state index is 9.86. The molecular formula is C10H20O5. The summed E-state index contributed by atoms with van der Waals surface area (Å²) in [5, 5.41) is 33.5. The van der Waals surface area contributed by atoms with Gasteiger partial charge in [-0.25, -0.2) is 4.79 Å². The van der Waals surface area contributed by atoms with Crippen LogP contribution < -0.4 is 0 Å². The molecule has 90 valence electrons. The quantitative estimate of drug-likeness (QED) is 0.500. The molecule has 0 amide bonds. The van der Waals surface area contributed by atoms with Crippen molar-refractivity contribution in [3.8, 4) is 0 Å². The van der Waals surface area contributed by atoms with Crippen LogP contribution in [0.15, 0.2) is 11.6 Å². The highest BCUT2D eigenvalue weighted by atomic mass is 16.4. The van der Waals surface area contributed by atoms with Crippen molar-refractivity contribution in [2.45, 2.75) is 20.8 Å². The fourth-order valence-corrected chi connectivity index (χ4v) is 0.273. The van der Waals surface area contributed by atoms with Crippen LogP contribution in [0.2, 0.25) is 0 Å². The second-order valence-corrected chi connectivity index (χ2v) is 3.56. The summed E-state index contributed by atoms with van der Waals surface area (Å²) in [5.41, 5.74) is -0.319. The zero-order valence-corrected chi connectivity index (χ0v) is 9.40. The van der Waals surface area contributed by atoms with E-state index >= 15 is 0 Å². The second kappa shape index (κ2) is 8.40. The molecule has 5 heteroatoms. The number of allylic oxidation sites excluding steroid dienone is 1. The minimum atomic E-state index is -0.845. The zero-order valence-electron chi connectivity index (χ0n) is 9.40. The number of aliphatic hydroxyl groups is 3. The van der Waals surface area contributed by atoms with E-state index in [0.29, 0.717) is 5.57 Å².